The van der Waals surface area contributed by atoms with Gasteiger partial charge in [0.15, 0.2) is 0 Å². The Morgan fingerprint density at radius 3 is 2.34 bits per heavy atom. The van der Waals surface area contributed by atoms with E-state index in [1.165, 1.54) is 11.4 Å². The molecule has 0 bridgehead atoms. The number of nitrogens with one attached hydrogen (secondary N) is 1. The smallest absolute Gasteiger partial charge is 0.318 e. The van der Waals surface area contributed by atoms with Gasteiger partial charge in [-0.1, -0.05) is 6.92 Å². The first-order chi connectivity index (χ1) is 18.2. The van der Waals surface area contributed by atoms with E-state index in [9.17, 15) is 18.3 Å². The number of carbonyl (C=O) groups excluding carboxylic acids is 1. The van der Waals surface area contributed by atoms with Gasteiger partial charge in [-0.15, -0.1) is 0 Å². The maximum Gasteiger partial charge on any atom is 0.318 e. The molecule has 3 heterocycles. The van der Waals surface area contributed by atoms with Crippen molar-refractivity contribution in [1.82, 2.24) is 19.1 Å². The number of nitrogens with zero attached hydrogens (tertiary/aromatic N) is 3. The van der Waals surface area contributed by atoms with Gasteiger partial charge >= 0.3 is 6.03 Å². The van der Waals surface area contributed by atoms with Crippen LogP contribution in [-0.2, 0) is 22.5 Å². The lowest BCUT2D eigenvalue weighted by Crippen LogP contribution is -2.68. The minimum Gasteiger partial charge on any atom is -0.497 e. The molecule has 1 fully saturated rings. The molecule has 1 spiro atoms. The zero-order valence-corrected chi connectivity index (χ0v) is 22.9. The first-order valence-corrected chi connectivity index (χ1v) is 14.1. The number of benzene rings is 2. The molecule has 1 atom stereocenters. The van der Waals surface area contributed by atoms with E-state index in [1.54, 1.807) is 36.3 Å². The predicted octanol–water partition coefficient (Wildman–Crippen LogP) is 2.61. The third-order valence-corrected chi connectivity index (χ3v) is 9.57. The van der Waals surface area contributed by atoms with Gasteiger partial charge in [0, 0.05) is 55.8 Å². The third kappa shape index (κ3) is 4.00. The number of aryl methyl sites for hydroxylation is 1. The van der Waals surface area contributed by atoms with Crippen molar-refractivity contribution < 1.29 is 27.8 Å². The number of hydrogen-bond donors (Lipinski definition) is 2. The maximum absolute atomic E-state index is 13.5. The molecular weight excluding hydrogens is 508 g/mol. The van der Waals surface area contributed by atoms with E-state index in [0.717, 1.165) is 28.6 Å². The first-order valence-electron chi connectivity index (χ1n) is 12.7. The van der Waals surface area contributed by atoms with Gasteiger partial charge in [0.25, 0.3) is 0 Å². The number of carbonyl (C=O) groups is 1. The zero-order chi connectivity index (χ0) is 27.2. The summed E-state index contributed by atoms with van der Waals surface area (Å²) in [6.45, 7) is 2.96. The lowest BCUT2D eigenvalue weighted by molar-refractivity contribution is 0.0494. The number of urea groups is 1. The summed E-state index contributed by atoms with van der Waals surface area (Å²) in [7, 11) is 1.30. The second-order valence-electron chi connectivity index (χ2n) is 9.99. The fourth-order valence-electron chi connectivity index (χ4n) is 5.86. The number of sulfonamides is 1. The van der Waals surface area contributed by atoms with Crippen molar-refractivity contribution in [3.05, 3.63) is 53.7 Å². The zero-order valence-electron chi connectivity index (χ0n) is 22.1. The van der Waals surface area contributed by atoms with Gasteiger partial charge in [-0.05, 0) is 48.4 Å². The quantitative estimate of drug-likeness (QED) is 0.475. The summed E-state index contributed by atoms with van der Waals surface area (Å²) in [6.07, 6.45) is 0.779. The van der Waals surface area contributed by atoms with E-state index in [0.29, 0.717) is 24.6 Å². The molecule has 11 heteroatoms. The Hall–Kier alpha value is -3.28. The van der Waals surface area contributed by atoms with Gasteiger partial charge in [0.05, 0.1) is 37.3 Å². The molecule has 2 aliphatic heterocycles. The average molecular weight is 543 g/mol. The number of methoxy groups -OCH3 is 2. The molecule has 10 nitrogen and oxygen atoms in total. The molecule has 0 aliphatic carbocycles. The molecule has 0 unspecified atom stereocenters. The van der Waals surface area contributed by atoms with Crippen LogP contribution in [0.2, 0.25) is 0 Å². The van der Waals surface area contributed by atoms with Crippen molar-refractivity contribution in [3.8, 4) is 11.5 Å². The molecule has 2 aromatic carbocycles. The van der Waals surface area contributed by atoms with Gasteiger partial charge in [0.1, 0.15) is 11.5 Å². The maximum atomic E-state index is 13.5. The standard InChI is InChI=1S/C27H34N4O6S/c1-5-12-28-26(33)31-17-27(15-30(16-27)38(34,35)20-9-6-18(36-3)7-10-20)24-21-11-8-19(37-4)13-22(21)29(2)25(24)23(31)14-32/h6-11,13,23,32H,5,12,14-17H2,1-4H3,(H,28,33)/t23-/m1/s1. The molecule has 5 rings (SSSR count). The summed E-state index contributed by atoms with van der Waals surface area (Å²) < 4.78 is 41.1. The molecule has 204 valence electrons. The summed E-state index contributed by atoms with van der Waals surface area (Å²) in [5.41, 5.74) is 2.07. The minimum atomic E-state index is -3.75. The molecule has 0 radical (unpaired) electrons. The Kier molecular flexibility index (Phi) is 6.79. The van der Waals surface area contributed by atoms with Crippen LogP contribution in [0.5, 0.6) is 11.5 Å². The number of aliphatic hydroxyl groups excluding tert-OH is 1. The molecule has 2 aliphatic rings. The lowest BCUT2D eigenvalue weighted by Gasteiger charge is -2.55. The highest BCUT2D eigenvalue weighted by Gasteiger charge is 2.57. The fraction of sp³-hybridized carbons (Fsp3) is 0.444. The second kappa shape index (κ2) is 9.79. The van der Waals surface area contributed by atoms with Crippen LogP contribution < -0.4 is 14.8 Å². The lowest BCUT2D eigenvalue weighted by atomic mass is 9.70. The van der Waals surface area contributed by atoms with Crippen molar-refractivity contribution in [2.45, 2.75) is 29.7 Å². The van der Waals surface area contributed by atoms with Gasteiger partial charge < -0.3 is 29.4 Å². The average Bonchev–Trinajstić information content (AvgIpc) is 3.21. The third-order valence-electron chi connectivity index (χ3n) is 7.76. The molecule has 2 N–H and O–H groups in total. The largest absolute Gasteiger partial charge is 0.497 e. The molecule has 3 aromatic rings. The summed E-state index contributed by atoms with van der Waals surface area (Å²) in [5.74, 6) is 1.27. The Balaban J connectivity index is 1.60. The van der Waals surface area contributed by atoms with Crippen molar-refractivity contribution in [1.29, 1.82) is 0 Å². The van der Waals surface area contributed by atoms with E-state index in [-0.39, 0.29) is 30.6 Å². The van der Waals surface area contributed by atoms with E-state index in [4.69, 9.17) is 9.47 Å². The summed E-state index contributed by atoms with van der Waals surface area (Å²) in [6, 6.07) is 11.3. The Morgan fingerprint density at radius 2 is 1.74 bits per heavy atom. The van der Waals surface area contributed by atoms with Crippen molar-refractivity contribution in [2.24, 2.45) is 7.05 Å². The normalized spacial score (nSPS) is 18.8. The van der Waals surface area contributed by atoms with Gasteiger partial charge in [-0.3, -0.25) is 0 Å². The van der Waals surface area contributed by atoms with Crippen molar-refractivity contribution in [3.63, 3.8) is 0 Å². The van der Waals surface area contributed by atoms with Crippen LogP contribution in [0.4, 0.5) is 4.79 Å². The summed E-state index contributed by atoms with van der Waals surface area (Å²) in [5, 5.41) is 14.4. The summed E-state index contributed by atoms with van der Waals surface area (Å²) >= 11 is 0. The van der Waals surface area contributed by atoms with Crippen LogP contribution in [0.1, 0.15) is 30.6 Å². The topological polar surface area (TPSA) is 113 Å². The molecule has 1 saturated heterocycles. The molecule has 38 heavy (non-hydrogen) atoms. The van der Waals surface area contributed by atoms with Gasteiger partial charge in [-0.2, -0.15) is 4.31 Å². The number of aromatic nitrogens is 1. The SMILES string of the molecule is CCCNC(=O)N1CC2(CN(S(=O)(=O)c3ccc(OC)cc3)C2)c2c(n(C)c3cc(OC)ccc23)[C@H]1CO. The first kappa shape index (κ1) is 26.3. The molecule has 0 saturated carbocycles. The van der Waals surface area contributed by atoms with E-state index >= 15 is 0 Å². The van der Waals surface area contributed by atoms with E-state index in [1.807, 2.05) is 36.7 Å². The molecular formula is C27H34N4O6S. The predicted molar refractivity (Wildman–Crippen MR) is 143 cm³/mol. The van der Waals surface area contributed by atoms with E-state index in [2.05, 4.69) is 5.32 Å². The fourth-order valence-corrected chi connectivity index (χ4v) is 7.47. The number of amides is 2. The summed E-state index contributed by atoms with van der Waals surface area (Å²) in [4.78, 5) is 15.1. The number of hydrogen-bond acceptors (Lipinski definition) is 6. The number of ether oxygens (including phenoxy) is 2. The minimum absolute atomic E-state index is 0.192. The Morgan fingerprint density at radius 1 is 1.08 bits per heavy atom. The monoisotopic (exact) mass is 542 g/mol. The van der Waals surface area contributed by atoms with Crippen LogP contribution in [0.15, 0.2) is 47.4 Å². The number of fused-ring (bicyclic) bond motifs is 4. The van der Waals surface area contributed by atoms with Crippen LogP contribution in [0.3, 0.4) is 0 Å². The number of aliphatic hydroxyl groups is 1. The van der Waals surface area contributed by atoms with Crippen LogP contribution in [-0.4, -0.2) is 80.3 Å². The Labute approximate surface area is 222 Å². The second-order valence-corrected chi connectivity index (χ2v) is 11.9. The molecule has 1 aromatic heterocycles. The van der Waals surface area contributed by atoms with E-state index < -0.39 is 21.5 Å². The highest BCUT2D eigenvalue weighted by molar-refractivity contribution is 7.89. The van der Waals surface area contributed by atoms with Crippen molar-refractivity contribution >= 4 is 27.0 Å². The van der Waals surface area contributed by atoms with Crippen molar-refractivity contribution in [2.75, 3.05) is 47.0 Å². The van der Waals surface area contributed by atoms with Crippen LogP contribution >= 0.6 is 0 Å². The van der Waals surface area contributed by atoms with Crippen LogP contribution in [0, 0.1) is 0 Å². The van der Waals surface area contributed by atoms with Gasteiger partial charge in [0.2, 0.25) is 10.0 Å². The Bertz CT molecular complexity index is 1460. The highest BCUT2D eigenvalue weighted by Crippen LogP contribution is 2.50. The van der Waals surface area contributed by atoms with Gasteiger partial charge in [-0.25, -0.2) is 13.2 Å². The van der Waals surface area contributed by atoms with Crippen LogP contribution in [0.25, 0.3) is 10.9 Å². The number of rotatable bonds is 7. The molecule has 2 amide bonds. The highest BCUT2D eigenvalue weighted by atomic mass is 32.2.